The maximum absolute atomic E-state index is 13.9. The van der Waals surface area contributed by atoms with Crippen LogP contribution in [0.2, 0.25) is 0 Å². The highest BCUT2D eigenvalue weighted by Gasteiger charge is 2.33. The summed E-state index contributed by atoms with van der Waals surface area (Å²) in [6.45, 7) is 5.54. The van der Waals surface area contributed by atoms with Crippen molar-refractivity contribution in [2.24, 2.45) is 5.92 Å². The van der Waals surface area contributed by atoms with E-state index in [1.165, 1.54) is 16.7 Å². The maximum atomic E-state index is 13.9. The molecule has 3 amide bonds. The minimum atomic E-state index is -0.420. The SMILES string of the molecule is C[C@@H]1CN([C@@H](C)CO)C(=O)c2cc(NC(=O)Nc3cccc4ccccc34)ccc2O[C@@H]1CN(C)Cc1ccc(-c2ccccc2)cc1. The van der Waals surface area contributed by atoms with Gasteiger partial charge in [-0.1, -0.05) is 97.9 Å². The number of carbonyl (C=O) groups excluding carboxylic acids is 2. The number of nitrogens with one attached hydrogen (secondary N) is 2. The summed E-state index contributed by atoms with van der Waals surface area (Å²) in [5.74, 6) is 0.192. The van der Waals surface area contributed by atoms with Crippen molar-refractivity contribution in [3.63, 3.8) is 0 Å². The van der Waals surface area contributed by atoms with Crippen LogP contribution in [0.1, 0.15) is 29.8 Å². The summed E-state index contributed by atoms with van der Waals surface area (Å²) in [4.78, 5) is 30.9. The molecule has 48 heavy (non-hydrogen) atoms. The lowest BCUT2D eigenvalue weighted by Gasteiger charge is -2.38. The molecule has 0 aliphatic carbocycles. The van der Waals surface area contributed by atoms with Gasteiger partial charge >= 0.3 is 6.03 Å². The summed E-state index contributed by atoms with van der Waals surface area (Å²) >= 11 is 0. The molecule has 5 aromatic rings. The molecular formula is C40H42N4O4. The van der Waals surface area contributed by atoms with Crippen LogP contribution in [0.15, 0.2) is 115 Å². The fourth-order valence-electron chi connectivity index (χ4n) is 6.25. The second kappa shape index (κ2) is 14.7. The first-order valence-corrected chi connectivity index (χ1v) is 16.4. The molecular weight excluding hydrogens is 600 g/mol. The van der Waals surface area contributed by atoms with Gasteiger partial charge in [0.05, 0.1) is 23.9 Å². The summed E-state index contributed by atoms with van der Waals surface area (Å²) in [7, 11) is 2.07. The third kappa shape index (κ3) is 7.51. The van der Waals surface area contributed by atoms with Crippen molar-refractivity contribution in [1.82, 2.24) is 9.80 Å². The van der Waals surface area contributed by atoms with Crippen molar-refractivity contribution >= 4 is 34.1 Å². The van der Waals surface area contributed by atoms with Crippen LogP contribution in [0.4, 0.5) is 16.2 Å². The van der Waals surface area contributed by atoms with Crippen LogP contribution in [0.5, 0.6) is 5.75 Å². The minimum absolute atomic E-state index is 0.0109. The fourth-order valence-corrected chi connectivity index (χ4v) is 6.25. The summed E-state index contributed by atoms with van der Waals surface area (Å²) in [5, 5.41) is 17.8. The predicted octanol–water partition coefficient (Wildman–Crippen LogP) is 7.50. The highest BCUT2D eigenvalue weighted by atomic mass is 16.5. The first-order chi connectivity index (χ1) is 23.3. The van der Waals surface area contributed by atoms with Gasteiger partial charge in [0.15, 0.2) is 0 Å². The molecule has 0 radical (unpaired) electrons. The Labute approximate surface area is 282 Å². The van der Waals surface area contributed by atoms with Crippen molar-refractivity contribution in [1.29, 1.82) is 0 Å². The molecule has 1 heterocycles. The Hall–Kier alpha value is -5.18. The molecule has 6 rings (SSSR count). The van der Waals surface area contributed by atoms with E-state index in [2.05, 4.69) is 65.9 Å². The number of rotatable bonds is 9. The number of benzene rings is 5. The summed E-state index contributed by atoms with van der Waals surface area (Å²) in [6, 6.07) is 36.9. The monoisotopic (exact) mass is 642 g/mol. The minimum Gasteiger partial charge on any atom is -0.488 e. The Balaban J connectivity index is 1.19. The molecule has 1 aliphatic heterocycles. The number of likely N-dealkylation sites (N-methyl/N-ethyl adjacent to an activating group) is 1. The molecule has 3 atom stereocenters. The normalized spacial score (nSPS) is 16.9. The van der Waals surface area contributed by atoms with Crippen molar-refractivity contribution < 1.29 is 19.4 Å². The third-order valence-corrected chi connectivity index (χ3v) is 8.97. The molecule has 8 heteroatoms. The third-order valence-electron chi connectivity index (χ3n) is 8.97. The van der Waals surface area contributed by atoms with Crippen LogP contribution in [0.25, 0.3) is 21.9 Å². The average molecular weight is 643 g/mol. The number of ether oxygens (including phenoxy) is 1. The molecule has 0 bridgehead atoms. The van der Waals surface area contributed by atoms with E-state index in [1.807, 2.05) is 67.6 Å². The lowest BCUT2D eigenvalue weighted by atomic mass is 9.99. The van der Waals surface area contributed by atoms with Gasteiger partial charge in [0.2, 0.25) is 0 Å². The number of carbonyl (C=O) groups is 2. The highest BCUT2D eigenvalue weighted by Crippen LogP contribution is 2.31. The predicted molar refractivity (Wildman–Crippen MR) is 192 cm³/mol. The zero-order valence-corrected chi connectivity index (χ0v) is 27.6. The Morgan fingerprint density at radius 2 is 1.62 bits per heavy atom. The van der Waals surface area contributed by atoms with Gasteiger partial charge in [-0.3, -0.25) is 9.69 Å². The topological polar surface area (TPSA) is 94.1 Å². The first-order valence-electron chi connectivity index (χ1n) is 16.4. The molecule has 0 unspecified atom stereocenters. The van der Waals surface area contributed by atoms with Gasteiger partial charge in [0.1, 0.15) is 11.9 Å². The molecule has 0 spiro atoms. The first kappa shape index (κ1) is 32.7. The molecule has 3 N–H and O–H groups in total. The number of nitrogens with zero attached hydrogens (tertiary/aromatic N) is 2. The van der Waals surface area contributed by atoms with E-state index in [-0.39, 0.29) is 24.5 Å². The van der Waals surface area contributed by atoms with Gasteiger partial charge < -0.3 is 25.4 Å². The Morgan fingerprint density at radius 3 is 2.40 bits per heavy atom. The maximum Gasteiger partial charge on any atom is 0.323 e. The number of aliphatic hydroxyl groups is 1. The van der Waals surface area contributed by atoms with Crippen LogP contribution in [0, 0.1) is 5.92 Å². The van der Waals surface area contributed by atoms with Crippen LogP contribution in [0.3, 0.4) is 0 Å². The van der Waals surface area contributed by atoms with E-state index in [9.17, 15) is 14.7 Å². The lowest BCUT2D eigenvalue weighted by molar-refractivity contribution is 0.0341. The molecule has 0 aromatic heterocycles. The Bertz CT molecular complexity index is 1870. The molecule has 0 saturated heterocycles. The van der Waals surface area contributed by atoms with Gasteiger partial charge in [-0.05, 0) is 60.3 Å². The molecule has 246 valence electrons. The number of amides is 3. The lowest BCUT2D eigenvalue weighted by Crippen LogP contribution is -2.49. The van der Waals surface area contributed by atoms with Gasteiger partial charge in [-0.25, -0.2) is 4.79 Å². The number of hydrogen-bond donors (Lipinski definition) is 3. The van der Waals surface area contributed by atoms with Crippen molar-refractivity contribution in [3.8, 4) is 16.9 Å². The largest absolute Gasteiger partial charge is 0.488 e. The van der Waals surface area contributed by atoms with Gasteiger partial charge in [0, 0.05) is 36.6 Å². The summed E-state index contributed by atoms with van der Waals surface area (Å²) < 4.78 is 6.59. The van der Waals surface area contributed by atoms with E-state index in [0.29, 0.717) is 35.8 Å². The van der Waals surface area contributed by atoms with Crippen molar-refractivity contribution in [2.45, 2.75) is 32.5 Å². The molecule has 0 fully saturated rings. The number of anilines is 2. The zero-order chi connectivity index (χ0) is 33.6. The number of aliphatic hydroxyl groups excluding tert-OH is 1. The van der Waals surface area contributed by atoms with Crippen LogP contribution < -0.4 is 15.4 Å². The second-order valence-electron chi connectivity index (χ2n) is 12.7. The van der Waals surface area contributed by atoms with E-state index in [0.717, 1.165) is 17.3 Å². The van der Waals surface area contributed by atoms with Crippen LogP contribution in [-0.2, 0) is 6.54 Å². The van der Waals surface area contributed by atoms with Crippen LogP contribution >= 0.6 is 0 Å². The van der Waals surface area contributed by atoms with E-state index in [4.69, 9.17) is 4.74 Å². The van der Waals surface area contributed by atoms with Crippen molar-refractivity contribution in [2.75, 3.05) is 37.4 Å². The van der Waals surface area contributed by atoms with E-state index in [1.54, 1.807) is 23.1 Å². The number of hydrogen-bond acceptors (Lipinski definition) is 5. The van der Waals surface area contributed by atoms with Crippen molar-refractivity contribution in [3.05, 3.63) is 126 Å². The number of fused-ring (bicyclic) bond motifs is 2. The summed E-state index contributed by atoms with van der Waals surface area (Å²) in [6.07, 6.45) is -0.229. The zero-order valence-electron chi connectivity index (χ0n) is 27.6. The smallest absolute Gasteiger partial charge is 0.323 e. The molecule has 0 saturated carbocycles. The van der Waals surface area contributed by atoms with Gasteiger partial charge in [-0.2, -0.15) is 0 Å². The molecule has 1 aliphatic rings. The second-order valence-corrected chi connectivity index (χ2v) is 12.7. The fraction of sp³-hybridized carbons (Fsp3) is 0.250. The highest BCUT2D eigenvalue weighted by molar-refractivity contribution is 6.07. The molecule has 5 aromatic carbocycles. The standard InChI is InChI=1S/C40H42N4O4/c1-27-23-44(28(2)26-45)39(46)35-22-33(41-40(47)42-36-15-9-13-32-12-7-8-14-34(32)36)20-21-37(35)48-38(27)25-43(3)24-29-16-18-31(19-17-29)30-10-5-4-6-11-30/h4-22,27-28,38,45H,23-26H2,1-3H3,(H2,41,42,47)/t27-,28+,38-/m1/s1. The summed E-state index contributed by atoms with van der Waals surface area (Å²) in [5.41, 5.74) is 5.05. The van der Waals surface area contributed by atoms with Crippen LogP contribution in [-0.4, -0.2) is 65.7 Å². The van der Waals surface area contributed by atoms with Gasteiger partial charge in [0.25, 0.3) is 5.91 Å². The number of urea groups is 1. The van der Waals surface area contributed by atoms with E-state index >= 15 is 0 Å². The quantitative estimate of drug-likeness (QED) is 0.155. The average Bonchev–Trinajstić information content (AvgIpc) is 3.10. The Morgan fingerprint density at radius 1 is 0.917 bits per heavy atom. The molecule has 8 nitrogen and oxygen atoms in total. The van der Waals surface area contributed by atoms with E-state index < -0.39 is 12.1 Å². The Kier molecular flexibility index (Phi) is 10.0. The van der Waals surface area contributed by atoms with Gasteiger partial charge in [-0.15, -0.1) is 0 Å².